The zero-order valence-electron chi connectivity index (χ0n) is 11.3. The molecular weight excluding hydrogens is 260 g/mol. The van der Waals surface area contributed by atoms with Gasteiger partial charge in [-0.1, -0.05) is 36.9 Å². The van der Waals surface area contributed by atoms with Crippen molar-refractivity contribution in [1.82, 2.24) is 5.32 Å². The van der Waals surface area contributed by atoms with Crippen molar-refractivity contribution in [1.29, 1.82) is 0 Å². The van der Waals surface area contributed by atoms with Gasteiger partial charge >= 0.3 is 0 Å². The highest BCUT2D eigenvalue weighted by Crippen LogP contribution is 2.19. The number of hydrogen-bond donors (Lipinski definition) is 2. The minimum atomic E-state index is -0.0794. The molecule has 104 valence electrons. The van der Waals surface area contributed by atoms with E-state index in [1.165, 1.54) is 6.42 Å². The van der Waals surface area contributed by atoms with Crippen molar-refractivity contribution in [2.45, 2.75) is 51.1 Å². The normalized spacial score (nSPS) is 23.7. The first-order chi connectivity index (χ1) is 9.08. The summed E-state index contributed by atoms with van der Waals surface area (Å²) in [5.74, 6) is -0.0794. The van der Waals surface area contributed by atoms with E-state index in [1.54, 1.807) is 12.1 Å². The highest BCUT2D eigenvalue weighted by Gasteiger charge is 2.22. The lowest BCUT2D eigenvalue weighted by atomic mass is 10.0. The number of carbonyl (C=O) groups is 1. The van der Waals surface area contributed by atoms with E-state index in [2.05, 4.69) is 5.32 Å². The van der Waals surface area contributed by atoms with Gasteiger partial charge in [0.25, 0.3) is 5.91 Å². The molecule has 0 heterocycles. The smallest absolute Gasteiger partial charge is 0.251 e. The highest BCUT2D eigenvalue weighted by atomic mass is 35.5. The molecule has 1 aromatic carbocycles. The van der Waals surface area contributed by atoms with Crippen molar-refractivity contribution in [3.63, 3.8) is 0 Å². The molecule has 1 aliphatic carbocycles. The van der Waals surface area contributed by atoms with E-state index < -0.39 is 0 Å². The number of amides is 1. The summed E-state index contributed by atoms with van der Waals surface area (Å²) in [7, 11) is 0. The van der Waals surface area contributed by atoms with E-state index in [4.69, 9.17) is 17.3 Å². The first-order valence-electron chi connectivity index (χ1n) is 6.90. The van der Waals surface area contributed by atoms with E-state index in [-0.39, 0.29) is 18.0 Å². The molecule has 1 fully saturated rings. The minimum Gasteiger partial charge on any atom is -0.348 e. The molecule has 0 aromatic heterocycles. The minimum absolute atomic E-state index is 0.0624. The van der Waals surface area contributed by atoms with Crippen LogP contribution in [0.1, 0.15) is 48.0 Å². The van der Waals surface area contributed by atoms with Gasteiger partial charge < -0.3 is 11.1 Å². The van der Waals surface area contributed by atoms with Gasteiger partial charge in [0.15, 0.2) is 0 Å². The van der Waals surface area contributed by atoms with Crippen molar-refractivity contribution >= 4 is 17.5 Å². The van der Waals surface area contributed by atoms with Gasteiger partial charge in [0.2, 0.25) is 0 Å². The van der Waals surface area contributed by atoms with Gasteiger partial charge in [0, 0.05) is 22.7 Å². The number of rotatable bonds is 2. The molecule has 0 aliphatic heterocycles. The third-order valence-electron chi connectivity index (χ3n) is 3.82. The second-order valence-corrected chi connectivity index (χ2v) is 5.75. The van der Waals surface area contributed by atoms with Crippen LogP contribution in [0.5, 0.6) is 0 Å². The van der Waals surface area contributed by atoms with Gasteiger partial charge in [-0.2, -0.15) is 0 Å². The average Bonchev–Trinajstić information content (AvgIpc) is 2.58. The number of halogens is 1. The van der Waals surface area contributed by atoms with Crippen LogP contribution in [0.15, 0.2) is 18.2 Å². The van der Waals surface area contributed by atoms with Crippen LogP contribution in [-0.2, 0) is 0 Å². The zero-order valence-corrected chi connectivity index (χ0v) is 12.0. The van der Waals surface area contributed by atoms with E-state index in [0.717, 1.165) is 31.2 Å². The van der Waals surface area contributed by atoms with Crippen LogP contribution in [-0.4, -0.2) is 18.0 Å². The largest absolute Gasteiger partial charge is 0.348 e. The molecule has 3 N–H and O–H groups in total. The average molecular weight is 281 g/mol. The number of nitrogens with one attached hydrogen (secondary N) is 1. The number of hydrogen-bond acceptors (Lipinski definition) is 2. The molecule has 0 spiro atoms. The van der Waals surface area contributed by atoms with Gasteiger partial charge in [-0.05, 0) is 37.5 Å². The summed E-state index contributed by atoms with van der Waals surface area (Å²) < 4.78 is 0. The molecule has 3 nitrogen and oxygen atoms in total. The van der Waals surface area contributed by atoms with Crippen molar-refractivity contribution in [2.75, 3.05) is 0 Å². The Morgan fingerprint density at radius 3 is 2.79 bits per heavy atom. The fourth-order valence-electron chi connectivity index (χ4n) is 2.50. The first kappa shape index (κ1) is 14.4. The first-order valence-corrected chi connectivity index (χ1v) is 7.28. The molecule has 0 bridgehead atoms. The molecule has 0 radical (unpaired) electrons. The molecular formula is C15H21ClN2O. The van der Waals surface area contributed by atoms with E-state index in [0.29, 0.717) is 10.6 Å². The van der Waals surface area contributed by atoms with Crippen molar-refractivity contribution in [2.24, 2.45) is 5.73 Å². The lowest BCUT2D eigenvalue weighted by Gasteiger charge is -2.22. The Morgan fingerprint density at radius 2 is 2.05 bits per heavy atom. The maximum Gasteiger partial charge on any atom is 0.251 e. The molecule has 1 amide bonds. The molecule has 2 rings (SSSR count). The summed E-state index contributed by atoms with van der Waals surface area (Å²) >= 11 is 6.05. The summed E-state index contributed by atoms with van der Waals surface area (Å²) in [5.41, 5.74) is 7.70. The summed E-state index contributed by atoms with van der Waals surface area (Å²) in [5, 5.41) is 3.67. The van der Waals surface area contributed by atoms with Gasteiger partial charge in [0.05, 0.1) is 0 Å². The lowest BCUT2D eigenvalue weighted by Crippen LogP contribution is -2.46. The van der Waals surface area contributed by atoms with E-state index in [1.807, 2.05) is 13.0 Å². The number of nitrogens with two attached hydrogens (primary N) is 1. The summed E-state index contributed by atoms with van der Waals surface area (Å²) in [4.78, 5) is 12.2. The van der Waals surface area contributed by atoms with Gasteiger partial charge in [-0.25, -0.2) is 0 Å². The van der Waals surface area contributed by atoms with Gasteiger partial charge in [-0.15, -0.1) is 0 Å². The summed E-state index contributed by atoms with van der Waals surface area (Å²) in [6.07, 6.45) is 5.44. The molecule has 4 heteroatoms. The van der Waals surface area contributed by atoms with Crippen molar-refractivity contribution < 1.29 is 4.79 Å². The molecule has 0 saturated heterocycles. The standard InChI is InChI=1S/C15H21ClN2O/c1-10-7-8-11(9-12(10)16)15(19)18-14-6-4-2-3-5-13(14)17/h7-9,13-14H,2-6,17H2,1H3,(H,18,19). The van der Waals surface area contributed by atoms with E-state index in [9.17, 15) is 4.79 Å². The zero-order chi connectivity index (χ0) is 13.8. The SMILES string of the molecule is Cc1ccc(C(=O)NC2CCCCCC2N)cc1Cl. The van der Waals surface area contributed by atoms with Crippen LogP contribution in [0.4, 0.5) is 0 Å². The Kier molecular flexibility index (Phi) is 4.83. The van der Waals surface area contributed by atoms with Crippen molar-refractivity contribution in [3.8, 4) is 0 Å². The monoisotopic (exact) mass is 280 g/mol. The Balaban J connectivity index is 2.05. The lowest BCUT2D eigenvalue weighted by molar-refractivity contribution is 0.0929. The molecule has 1 aliphatic rings. The molecule has 2 unspecified atom stereocenters. The van der Waals surface area contributed by atoms with Crippen molar-refractivity contribution in [3.05, 3.63) is 34.3 Å². The Hall–Kier alpha value is -1.06. The quantitative estimate of drug-likeness (QED) is 0.818. The fraction of sp³-hybridized carbons (Fsp3) is 0.533. The Labute approximate surface area is 119 Å². The van der Waals surface area contributed by atoms with Crippen LogP contribution in [0.2, 0.25) is 5.02 Å². The number of carbonyl (C=O) groups excluding carboxylic acids is 1. The van der Waals surface area contributed by atoms with Crippen LogP contribution in [0, 0.1) is 6.92 Å². The molecule has 19 heavy (non-hydrogen) atoms. The third-order valence-corrected chi connectivity index (χ3v) is 4.23. The van der Waals surface area contributed by atoms with Crippen LogP contribution in [0.25, 0.3) is 0 Å². The predicted molar refractivity (Wildman–Crippen MR) is 78.5 cm³/mol. The second-order valence-electron chi connectivity index (χ2n) is 5.35. The Morgan fingerprint density at radius 1 is 1.32 bits per heavy atom. The maximum absolute atomic E-state index is 12.2. The predicted octanol–water partition coefficient (Wildman–Crippen LogP) is 3.04. The topological polar surface area (TPSA) is 55.1 Å². The summed E-state index contributed by atoms with van der Waals surface area (Å²) in [6.45, 7) is 1.92. The molecule has 1 saturated carbocycles. The third kappa shape index (κ3) is 3.71. The second kappa shape index (κ2) is 6.40. The number of aryl methyl sites for hydroxylation is 1. The fourth-order valence-corrected chi connectivity index (χ4v) is 2.68. The van der Waals surface area contributed by atoms with Gasteiger partial charge in [0.1, 0.15) is 0 Å². The molecule has 2 atom stereocenters. The van der Waals surface area contributed by atoms with Crippen LogP contribution >= 0.6 is 11.6 Å². The summed E-state index contributed by atoms with van der Waals surface area (Å²) in [6, 6.07) is 5.53. The Bertz CT molecular complexity index is 461. The number of benzene rings is 1. The molecule has 1 aromatic rings. The van der Waals surface area contributed by atoms with Crippen LogP contribution in [0.3, 0.4) is 0 Å². The van der Waals surface area contributed by atoms with Crippen LogP contribution < -0.4 is 11.1 Å². The van der Waals surface area contributed by atoms with Gasteiger partial charge in [-0.3, -0.25) is 4.79 Å². The highest BCUT2D eigenvalue weighted by molar-refractivity contribution is 6.31. The van der Waals surface area contributed by atoms with E-state index >= 15 is 0 Å². The maximum atomic E-state index is 12.2.